The molecule has 1 amide bonds. The van der Waals surface area contributed by atoms with Gasteiger partial charge in [-0.3, -0.25) is 9.59 Å². The normalized spacial score (nSPS) is 13.8. The minimum atomic E-state index is -0.236. The van der Waals surface area contributed by atoms with Crippen LogP contribution in [0.2, 0.25) is 0 Å². The largest absolute Gasteiger partial charge is 0.348 e. The van der Waals surface area contributed by atoms with E-state index in [9.17, 15) is 9.59 Å². The van der Waals surface area contributed by atoms with Gasteiger partial charge in [-0.1, -0.05) is 11.3 Å². The van der Waals surface area contributed by atoms with E-state index in [2.05, 4.69) is 20.3 Å². The van der Waals surface area contributed by atoms with Crippen LogP contribution in [0.4, 0.5) is 10.8 Å². The molecule has 1 aliphatic rings. The first kappa shape index (κ1) is 21.7. The molecular formula is C23H24N6O2S2. The molecule has 33 heavy (non-hydrogen) atoms. The van der Waals surface area contributed by atoms with Gasteiger partial charge < -0.3 is 10.2 Å². The van der Waals surface area contributed by atoms with Crippen LogP contribution in [0.3, 0.4) is 0 Å². The molecule has 0 radical (unpaired) electrons. The lowest BCUT2D eigenvalue weighted by atomic mass is 10.1. The van der Waals surface area contributed by atoms with Crippen LogP contribution in [0.5, 0.6) is 0 Å². The average Bonchev–Trinajstić information content (AvgIpc) is 3.51. The number of aryl methyl sites for hydroxylation is 3. The molecule has 0 atom stereocenters. The van der Waals surface area contributed by atoms with Gasteiger partial charge in [-0.05, 0) is 57.4 Å². The van der Waals surface area contributed by atoms with Gasteiger partial charge in [0.15, 0.2) is 5.13 Å². The molecule has 0 aliphatic carbocycles. The van der Waals surface area contributed by atoms with Crippen molar-refractivity contribution >= 4 is 49.6 Å². The highest BCUT2D eigenvalue weighted by Crippen LogP contribution is 2.33. The molecule has 4 aromatic rings. The molecule has 1 aromatic carbocycles. The highest BCUT2D eigenvalue weighted by atomic mass is 32.1. The third-order valence-corrected chi connectivity index (χ3v) is 8.21. The van der Waals surface area contributed by atoms with E-state index >= 15 is 0 Å². The molecule has 1 fully saturated rings. The fourth-order valence-corrected chi connectivity index (χ4v) is 6.15. The summed E-state index contributed by atoms with van der Waals surface area (Å²) in [6, 6.07) is 5.78. The minimum absolute atomic E-state index is 0.219. The van der Waals surface area contributed by atoms with E-state index in [1.165, 1.54) is 28.9 Å². The van der Waals surface area contributed by atoms with Crippen LogP contribution in [0.25, 0.3) is 20.8 Å². The number of thiazole rings is 2. The maximum atomic E-state index is 13.1. The topological polar surface area (TPSA) is 93.0 Å². The average molecular weight is 481 g/mol. The Morgan fingerprint density at radius 2 is 1.82 bits per heavy atom. The molecule has 0 saturated carbocycles. The number of amides is 1. The number of nitrogens with one attached hydrogen (secondary N) is 1. The zero-order valence-electron chi connectivity index (χ0n) is 18.9. The Balaban J connectivity index is 1.42. The summed E-state index contributed by atoms with van der Waals surface area (Å²) >= 11 is 2.88. The second-order valence-electron chi connectivity index (χ2n) is 8.27. The summed E-state index contributed by atoms with van der Waals surface area (Å²) in [7, 11) is 1.62. The number of anilines is 2. The van der Waals surface area contributed by atoms with E-state index in [0.29, 0.717) is 26.8 Å². The molecule has 8 nitrogen and oxygen atoms in total. The van der Waals surface area contributed by atoms with Crippen molar-refractivity contribution in [2.24, 2.45) is 7.05 Å². The second kappa shape index (κ2) is 8.35. The number of carbonyl (C=O) groups is 1. The lowest BCUT2D eigenvalue weighted by molar-refractivity contribution is 0.103. The number of hydrogen-bond donors (Lipinski definition) is 1. The van der Waals surface area contributed by atoms with E-state index in [-0.39, 0.29) is 11.5 Å². The third kappa shape index (κ3) is 3.93. The minimum Gasteiger partial charge on any atom is -0.348 e. The Morgan fingerprint density at radius 1 is 1.06 bits per heavy atom. The van der Waals surface area contributed by atoms with Crippen molar-refractivity contribution in [1.29, 1.82) is 0 Å². The standard InChI is InChI=1S/C23H24N6O2S2/c1-12-13(2)27-28(4)22(31)18(12)21-24-14(3)19(33-21)20(30)25-15-7-8-16-17(11-15)32-23(26-16)29-9-5-6-10-29/h7-8,11H,5-6,9-10H2,1-4H3,(H,25,30). The van der Waals surface area contributed by atoms with Crippen LogP contribution in [-0.4, -0.2) is 38.7 Å². The molecule has 10 heteroatoms. The van der Waals surface area contributed by atoms with Crippen molar-refractivity contribution in [3.8, 4) is 10.6 Å². The van der Waals surface area contributed by atoms with Gasteiger partial charge in [-0.2, -0.15) is 5.10 Å². The summed E-state index contributed by atoms with van der Waals surface area (Å²) in [5, 5.41) is 8.79. The summed E-state index contributed by atoms with van der Waals surface area (Å²) < 4.78 is 2.36. The molecule has 4 heterocycles. The summed E-state index contributed by atoms with van der Waals surface area (Å²) in [4.78, 5) is 37.9. The van der Waals surface area contributed by atoms with Crippen molar-refractivity contribution in [1.82, 2.24) is 19.7 Å². The Bertz CT molecular complexity index is 1450. The van der Waals surface area contributed by atoms with Crippen molar-refractivity contribution < 1.29 is 4.79 Å². The van der Waals surface area contributed by atoms with Crippen LogP contribution in [0.15, 0.2) is 23.0 Å². The Kier molecular flexibility index (Phi) is 5.49. The molecule has 5 rings (SSSR count). The highest BCUT2D eigenvalue weighted by molar-refractivity contribution is 7.22. The highest BCUT2D eigenvalue weighted by Gasteiger charge is 2.22. The van der Waals surface area contributed by atoms with E-state index in [1.807, 2.05) is 32.0 Å². The van der Waals surface area contributed by atoms with Crippen LogP contribution in [-0.2, 0) is 7.05 Å². The van der Waals surface area contributed by atoms with Crippen LogP contribution >= 0.6 is 22.7 Å². The lowest BCUT2D eigenvalue weighted by Gasteiger charge is -2.11. The van der Waals surface area contributed by atoms with Gasteiger partial charge in [0.25, 0.3) is 11.5 Å². The van der Waals surface area contributed by atoms with Crippen LogP contribution in [0, 0.1) is 20.8 Å². The predicted molar refractivity (Wildman–Crippen MR) is 134 cm³/mol. The number of rotatable bonds is 4. The third-order valence-electron chi connectivity index (χ3n) is 5.95. The molecule has 0 unspecified atom stereocenters. The number of fused-ring (bicyclic) bond motifs is 1. The maximum absolute atomic E-state index is 13.1. The first-order valence-electron chi connectivity index (χ1n) is 10.8. The lowest BCUT2D eigenvalue weighted by Crippen LogP contribution is -2.23. The van der Waals surface area contributed by atoms with Crippen LogP contribution < -0.4 is 15.8 Å². The van der Waals surface area contributed by atoms with Gasteiger partial charge in [0.1, 0.15) is 9.88 Å². The van der Waals surface area contributed by atoms with Crippen molar-refractivity contribution in [3.05, 3.63) is 50.4 Å². The molecule has 170 valence electrons. The van der Waals surface area contributed by atoms with E-state index in [0.717, 1.165) is 39.7 Å². The second-order valence-corrected chi connectivity index (χ2v) is 10.3. The Labute approximate surface area is 198 Å². The predicted octanol–water partition coefficient (Wildman–Crippen LogP) is 4.29. The van der Waals surface area contributed by atoms with Gasteiger partial charge >= 0.3 is 0 Å². The van der Waals surface area contributed by atoms with Crippen LogP contribution in [0.1, 0.15) is 39.5 Å². The van der Waals surface area contributed by atoms with Gasteiger partial charge in [0, 0.05) is 25.8 Å². The van der Waals surface area contributed by atoms with Gasteiger partial charge in [-0.25, -0.2) is 14.6 Å². The van der Waals surface area contributed by atoms with Gasteiger partial charge in [0.05, 0.1) is 27.2 Å². The molecule has 0 bridgehead atoms. The number of carbonyl (C=O) groups excluding carboxylic acids is 1. The van der Waals surface area contributed by atoms with Crippen molar-refractivity contribution in [3.63, 3.8) is 0 Å². The van der Waals surface area contributed by atoms with Crippen molar-refractivity contribution in [2.75, 3.05) is 23.3 Å². The number of nitrogens with zero attached hydrogens (tertiary/aromatic N) is 5. The van der Waals surface area contributed by atoms with E-state index < -0.39 is 0 Å². The fraction of sp³-hybridized carbons (Fsp3) is 0.348. The Morgan fingerprint density at radius 3 is 2.58 bits per heavy atom. The first-order valence-corrected chi connectivity index (χ1v) is 12.4. The maximum Gasteiger partial charge on any atom is 0.277 e. The summed E-state index contributed by atoms with van der Waals surface area (Å²) in [5.74, 6) is -0.236. The fourth-order valence-electron chi connectivity index (χ4n) is 4.04. The zero-order valence-corrected chi connectivity index (χ0v) is 20.6. The number of aromatic nitrogens is 4. The molecule has 1 saturated heterocycles. The van der Waals surface area contributed by atoms with E-state index in [1.54, 1.807) is 25.3 Å². The number of benzene rings is 1. The van der Waals surface area contributed by atoms with Gasteiger partial charge in [0.2, 0.25) is 0 Å². The van der Waals surface area contributed by atoms with Gasteiger partial charge in [-0.15, -0.1) is 11.3 Å². The summed E-state index contributed by atoms with van der Waals surface area (Å²) in [6.07, 6.45) is 2.41. The first-order chi connectivity index (χ1) is 15.8. The summed E-state index contributed by atoms with van der Waals surface area (Å²) in [6.45, 7) is 7.61. The molecule has 0 spiro atoms. The van der Waals surface area contributed by atoms with E-state index in [4.69, 9.17) is 4.98 Å². The molecule has 1 aliphatic heterocycles. The van der Waals surface area contributed by atoms with Crippen molar-refractivity contribution in [2.45, 2.75) is 33.6 Å². The molecular weight excluding hydrogens is 456 g/mol. The summed E-state index contributed by atoms with van der Waals surface area (Å²) in [5.41, 5.74) is 4.07. The molecule has 1 N–H and O–H groups in total. The molecule has 3 aromatic heterocycles. The monoisotopic (exact) mass is 480 g/mol. The SMILES string of the molecule is Cc1nc(-c2c(C)c(C)nn(C)c2=O)sc1C(=O)Nc1ccc2nc(N3CCCC3)sc2c1. The Hall–Kier alpha value is -3.11. The quantitative estimate of drug-likeness (QED) is 0.468. The number of hydrogen-bond acceptors (Lipinski definition) is 8. The zero-order chi connectivity index (χ0) is 23.3. The smallest absolute Gasteiger partial charge is 0.277 e.